The Labute approximate surface area is 175 Å². The van der Waals surface area contributed by atoms with Crippen molar-refractivity contribution in [3.05, 3.63) is 17.5 Å². The van der Waals surface area contributed by atoms with E-state index in [-0.39, 0.29) is 24.0 Å². The van der Waals surface area contributed by atoms with Crippen LogP contribution in [0.15, 0.2) is 11.1 Å². The molecule has 1 fully saturated rings. The van der Waals surface area contributed by atoms with Crippen LogP contribution in [0.5, 0.6) is 0 Å². The van der Waals surface area contributed by atoms with Gasteiger partial charge in [0.05, 0.1) is 18.9 Å². The van der Waals surface area contributed by atoms with Gasteiger partial charge in [-0.15, -0.1) is 24.0 Å². The molecule has 0 amide bonds. The first kappa shape index (κ1) is 23.2. The lowest BCUT2D eigenvalue weighted by molar-refractivity contribution is -0.0174. The minimum Gasteiger partial charge on any atom is -0.379 e. The first-order valence-electron chi connectivity index (χ1n) is 9.30. The van der Waals surface area contributed by atoms with Crippen molar-refractivity contribution in [1.82, 2.24) is 25.3 Å². The van der Waals surface area contributed by atoms with E-state index < -0.39 is 0 Å². The maximum Gasteiger partial charge on any atom is 0.191 e. The Kier molecular flexibility index (Phi) is 10.5. The van der Waals surface area contributed by atoms with Crippen LogP contribution in [-0.4, -0.2) is 72.6 Å². The predicted octanol–water partition coefficient (Wildman–Crippen LogP) is 1.78. The van der Waals surface area contributed by atoms with Crippen molar-refractivity contribution in [2.75, 3.05) is 39.9 Å². The van der Waals surface area contributed by atoms with E-state index in [4.69, 9.17) is 4.74 Å². The van der Waals surface area contributed by atoms with E-state index in [1.165, 1.54) is 5.69 Å². The van der Waals surface area contributed by atoms with Crippen molar-refractivity contribution >= 4 is 29.9 Å². The molecule has 26 heavy (non-hydrogen) atoms. The van der Waals surface area contributed by atoms with Gasteiger partial charge in [0.1, 0.15) is 0 Å². The van der Waals surface area contributed by atoms with Gasteiger partial charge in [-0.05, 0) is 40.2 Å². The Bertz CT molecular complexity index is 562. The number of morpholine rings is 1. The van der Waals surface area contributed by atoms with Gasteiger partial charge >= 0.3 is 0 Å². The average molecular weight is 478 g/mol. The molecule has 2 heterocycles. The van der Waals surface area contributed by atoms with Crippen LogP contribution in [0.1, 0.15) is 31.7 Å². The van der Waals surface area contributed by atoms with Crippen LogP contribution in [0.3, 0.4) is 0 Å². The summed E-state index contributed by atoms with van der Waals surface area (Å²) in [5.41, 5.74) is 2.29. The van der Waals surface area contributed by atoms with E-state index in [0.717, 1.165) is 57.5 Å². The molecule has 1 aliphatic heterocycles. The monoisotopic (exact) mass is 478 g/mol. The maximum absolute atomic E-state index is 5.52. The standard InChI is InChI=1S/C18H34N6O.HI/c1-14-11-15(2)24(22-14)8-6-7-20-18(19-5)21-12-16(3)23-9-10-25-13-17(23)4;/h11,16-17H,6-10,12-13H2,1-5H3,(H2,19,20,21);1H. The number of hydrogen-bond acceptors (Lipinski definition) is 4. The van der Waals surface area contributed by atoms with Gasteiger partial charge in [0.15, 0.2) is 5.96 Å². The number of guanidine groups is 1. The van der Waals surface area contributed by atoms with E-state index in [0.29, 0.717) is 12.1 Å². The summed E-state index contributed by atoms with van der Waals surface area (Å²) in [6.07, 6.45) is 1.01. The summed E-state index contributed by atoms with van der Waals surface area (Å²) in [5, 5.41) is 11.3. The molecule has 2 unspecified atom stereocenters. The zero-order chi connectivity index (χ0) is 18.2. The van der Waals surface area contributed by atoms with E-state index in [9.17, 15) is 0 Å². The Morgan fingerprint density at radius 3 is 2.81 bits per heavy atom. The molecule has 0 spiro atoms. The first-order chi connectivity index (χ1) is 12.0. The molecule has 0 aromatic carbocycles. The fraction of sp³-hybridized carbons (Fsp3) is 0.778. The summed E-state index contributed by atoms with van der Waals surface area (Å²) in [6, 6.07) is 3.04. The number of halogens is 1. The molecule has 2 rings (SSSR count). The van der Waals surface area contributed by atoms with Gasteiger partial charge in [0.2, 0.25) is 0 Å². The second-order valence-electron chi connectivity index (χ2n) is 6.89. The van der Waals surface area contributed by atoms with Crippen LogP contribution in [-0.2, 0) is 11.3 Å². The number of rotatable bonds is 7. The highest BCUT2D eigenvalue weighted by atomic mass is 127. The van der Waals surface area contributed by atoms with Crippen LogP contribution >= 0.6 is 24.0 Å². The average Bonchev–Trinajstić information content (AvgIpc) is 2.91. The molecule has 7 nitrogen and oxygen atoms in total. The van der Waals surface area contributed by atoms with Crippen molar-refractivity contribution in [2.24, 2.45) is 4.99 Å². The summed E-state index contributed by atoms with van der Waals surface area (Å²) in [7, 11) is 1.82. The summed E-state index contributed by atoms with van der Waals surface area (Å²) in [4.78, 5) is 6.81. The zero-order valence-electron chi connectivity index (χ0n) is 16.8. The molecule has 1 aromatic heterocycles. The van der Waals surface area contributed by atoms with Gasteiger partial charge in [-0.1, -0.05) is 0 Å². The molecular weight excluding hydrogens is 443 g/mol. The van der Waals surface area contributed by atoms with Crippen molar-refractivity contribution in [3.63, 3.8) is 0 Å². The number of ether oxygens (including phenoxy) is 1. The quantitative estimate of drug-likeness (QED) is 0.271. The highest BCUT2D eigenvalue weighted by Crippen LogP contribution is 2.10. The predicted molar refractivity (Wildman–Crippen MR) is 118 cm³/mol. The van der Waals surface area contributed by atoms with Crippen LogP contribution in [0.25, 0.3) is 0 Å². The van der Waals surface area contributed by atoms with Crippen molar-refractivity contribution in [2.45, 2.75) is 52.7 Å². The SMILES string of the molecule is CN=C(NCCCn1nc(C)cc1C)NCC(C)N1CCOCC1C.I. The van der Waals surface area contributed by atoms with Crippen molar-refractivity contribution in [3.8, 4) is 0 Å². The number of aromatic nitrogens is 2. The van der Waals surface area contributed by atoms with Gasteiger partial charge in [-0.2, -0.15) is 5.10 Å². The largest absolute Gasteiger partial charge is 0.379 e. The molecule has 1 aromatic rings. The Morgan fingerprint density at radius 2 is 2.19 bits per heavy atom. The summed E-state index contributed by atoms with van der Waals surface area (Å²) >= 11 is 0. The Hall–Kier alpha value is -0.870. The summed E-state index contributed by atoms with van der Waals surface area (Å²) < 4.78 is 7.58. The van der Waals surface area contributed by atoms with Gasteiger partial charge < -0.3 is 15.4 Å². The van der Waals surface area contributed by atoms with E-state index in [2.05, 4.69) is 57.1 Å². The smallest absolute Gasteiger partial charge is 0.191 e. The molecule has 0 radical (unpaired) electrons. The number of nitrogens with one attached hydrogen (secondary N) is 2. The third kappa shape index (κ3) is 7.03. The normalized spacial score (nSPS) is 19.7. The minimum absolute atomic E-state index is 0. The van der Waals surface area contributed by atoms with Crippen LogP contribution in [0.2, 0.25) is 0 Å². The molecule has 2 atom stereocenters. The van der Waals surface area contributed by atoms with E-state index in [1.54, 1.807) is 0 Å². The second-order valence-corrected chi connectivity index (χ2v) is 6.89. The fourth-order valence-electron chi connectivity index (χ4n) is 3.31. The van der Waals surface area contributed by atoms with E-state index >= 15 is 0 Å². The molecule has 0 saturated carbocycles. The summed E-state index contributed by atoms with van der Waals surface area (Å²) in [5.74, 6) is 0.862. The number of aliphatic imine (C=N–C) groups is 1. The van der Waals surface area contributed by atoms with Gasteiger partial charge in [-0.3, -0.25) is 14.6 Å². The number of aryl methyl sites for hydroxylation is 3. The fourth-order valence-corrected chi connectivity index (χ4v) is 3.31. The highest BCUT2D eigenvalue weighted by Gasteiger charge is 2.23. The molecule has 2 N–H and O–H groups in total. The third-order valence-corrected chi connectivity index (χ3v) is 4.72. The van der Waals surface area contributed by atoms with Crippen molar-refractivity contribution in [1.29, 1.82) is 0 Å². The lowest BCUT2D eigenvalue weighted by Crippen LogP contribution is -2.53. The molecule has 1 aliphatic rings. The molecule has 0 aliphatic carbocycles. The van der Waals surface area contributed by atoms with Crippen LogP contribution in [0, 0.1) is 13.8 Å². The maximum atomic E-state index is 5.52. The molecular formula is C18H35IN6O. The topological polar surface area (TPSA) is 66.7 Å². The first-order valence-corrected chi connectivity index (χ1v) is 9.30. The second kappa shape index (κ2) is 11.8. The van der Waals surface area contributed by atoms with Crippen LogP contribution < -0.4 is 10.6 Å². The Morgan fingerprint density at radius 1 is 1.42 bits per heavy atom. The van der Waals surface area contributed by atoms with E-state index in [1.807, 2.05) is 14.0 Å². The van der Waals surface area contributed by atoms with Gasteiger partial charge in [0.25, 0.3) is 0 Å². The molecule has 8 heteroatoms. The molecule has 150 valence electrons. The molecule has 0 bridgehead atoms. The summed E-state index contributed by atoms with van der Waals surface area (Å²) in [6.45, 7) is 13.9. The third-order valence-electron chi connectivity index (χ3n) is 4.72. The Balaban J connectivity index is 0.00000338. The lowest BCUT2D eigenvalue weighted by Gasteiger charge is -2.38. The highest BCUT2D eigenvalue weighted by molar-refractivity contribution is 14.0. The zero-order valence-corrected chi connectivity index (χ0v) is 19.1. The number of hydrogen-bond donors (Lipinski definition) is 2. The molecule has 1 saturated heterocycles. The van der Waals surface area contributed by atoms with Crippen LogP contribution in [0.4, 0.5) is 0 Å². The van der Waals surface area contributed by atoms with Crippen molar-refractivity contribution < 1.29 is 4.74 Å². The van der Waals surface area contributed by atoms with Gasteiger partial charge in [0, 0.05) is 51.0 Å². The van der Waals surface area contributed by atoms with Gasteiger partial charge in [-0.25, -0.2) is 0 Å². The lowest BCUT2D eigenvalue weighted by atomic mass is 10.2. The minimum atomic E-state index is 0. The number of nitrogens with zero attached hydrogens (tertiary/aromatic N) is 4.